The molecule has 4 nitrogen and oxygen atoms in total. The van der Waals surface area contributed by atoms with E-state index in [1.807, 2.05) is 13.8 Å². The number of carbonyl (C=O) groups excluding carboxylic acids is 1. The lowest BCUT2D eigenvalue weighted by Crippen LogP contribution is -2.47. The highest BCUT2D eigenvalue weighted by Crippen LogP contribution is 2.38. The fraction of sp³-hybridized carbons (Fsp3) is 0.846. The molecule has 0 saturated heterocycles. The molecule has 1 atom stereocenters. The summed E-state index contributed by atoms with van der Waals surface area (Å²) in [5.41, 5.74) is 5.47. The third-order valence-corrected chi connectivity index (χ3v) is 3.79. The van der Waals surface area contributed by atoms with Crippen LogP contribution in [0.15, 0.2) is 0 Å². The Labute approximate surface area is 104 Å². The highest BCUT2D eigenvalue weighted by molar-refractivity contribution is 5.83. The van der Waals surface area contributed by atoms with Crippen molar-refractivity contribution >= 4 is 5.91 Å². The van der Waals surface area contributed by atoms with Crippen LogP contribution in [0.5, 0.6) is 0 Å². The van der Waals surface area contributed by atoms with Gasteiger partial charge in [0.05, 0.1) is 17.4 Å². The number of rotatable bonds is 5. The number of nitrogens with zero attached hydrogens (tertiary/aromatic N) is 2. The molecule has 1 aliphatic rings. The molecule has 1 amide bonds. The van der Waals surface area contributed by atoms with Gasteiger partial charge in [0.15, 0.2) is 0 Å². The van der Waals surface area contributed by atoms with Gasteiger partial charge in [-0.05, 0) is 26.7 Å². The minimum absolute atomic E-state index is 0.116. The van der Waals surface area contributed by atoms with Crippen LogP contribution in [-0.4, -0.2) is 30.4 Å². The molecule has 0 aromatic carbocycles. The van der Waals surface area contributed by atoms with Gasteiger partial charge in [-0.2, -0.15) is 5.26 Å². The van der Waals surface area contributed by atoms with Crippen molar-refractivity contribution in [2.75, 3.05) is 19.6 Å². The Morgan fingerprint density at radius 1 is 1.53 bits per heavy atom. The predicted molar refractivity (Wildman–Crippen MR) is 67.0 cm³/mol. The Kier molecular flexibility index (Phi) is 4.95. The molecule has 0 aliphatic heterocycles. The van der Waals surface area contributed by atoms with Gasteiger partial charge in [-0.15, -0.1) is 0 Å². The summed E-state index contributed by atoms with van der Waals surface area (Å²) in [6.45, 7) is 5.42. The maximum Gasteiger partial charge on any atom is 0.230 e. The van der Waals surface area contributed by atoms with Crippen molar-refractivity contribution in [1.82, 2.24) is 4.90 Å². The Morgan fingerprint density at radius 3 is 2.53 bits per heavy atom. The molecule has 1 saturated carbocycles. The molecule has 1 rings (SSSR count). The van der Waals surface area contributed by atoms with E-state index in [9.17, 15) is 4.79 Å². The standard InChI is InChI=1S/C13H23N3O/c1-3-16(9-11(2)8-14)12(17)13(10-15)6-4-5-7-13/h11H,3-7,9-10,15H2,1-2H3. The number of nitriles is 1. The van der Waals surface area contributed by atoms with Crippen LogP contribution in [0.25, 0.3) is 0 Å². The molecule has 0 radical (unpaired) electrons. The molecular formula is C13H23N3O. The molecule has 4 heteroatoms. The maximum atomic E-state index is 12.5. The Hall–Kier alpha value is -1.08. The molecule has 0 heterocycles. The van der Waals surface area contributed by atoms with Gasteiger partial charge in [0, 0.05) is 19.6 Å². The first-order valence-electron chi connectivity index (χ1n) is 6.48. The molecule has 0 aromatic heterocycles. The van der Waals surface area contributed by atoms with E-state index >= 15 is 0 Å². The Morgan fingerprint density at radius 2 is 2.12 bits per heavy atom. The van der Waals surface area contributed by atoms with Crippen molar-refractivity contribution in [2.45, 2.75) is 39.5 Å². The molecule has 17 heavy (non-hydrogen) atoms. The second kappa shape index (κ2) is 6.02. The van der Waals surface area contributed by atoms with Crippen LogP contribution < -0.4 is 5.73 Å². The zero-order chi connectivity index (χ0) is 12.9. The molecule has 1 unspecified atom stereocenters. The highest BCUT2D eigenvalue weighted by Gasteiger charge is 2.42. The minimum atomic E-state index is -0.342. The third kappa shape index (κ3) is 2.98. The van der Waals surface area contributed by atoms with Gasteiger partial charge in [-0.3, -0.25) is 4.79 Å². The number of hydrogen-bond donors (Lipinski definition) is 1. The van der Waals surface area contributed by atoms with Gasteiger partial charge >= 0.3 is 0 Å². The second-order valence-electron chi connectivity index (χ2n) is 5.07. The number of amides is 1. The van der Waals surface area contributed by atoms with Gasteiger partial charge in [0.1, 0.15) is 0 Å². The summed E-state index contributed by atoms with van der Waals surface area (Å²) in [5.74, 6) is 0.0391. The third-order valence-electron chi connectivity index (χ3n) is 3.79. The van der Waals surface area contributed by atoms with Crippen molar-refractivity contribution in [2.24, 2.45) is 17.1 Å². The van der Waals surface area contributed by atoms with Crippen molar-refractivity contribution in [1.29, 1.82) is 5.26 Å². The molecule has 0 spiro atoms. The fourth-order valence-corrected chi connectivity index (χ4v) is 2.62. The first kappa shape index (κ1) is 14.0. The van der Waals surface area contributed by atoms with E-state index in [0.29, 0.717) is 19.6 Å². The summed E-state index contributed by atoms with van der Waals surface area (Å²) in [4.78, 5) is 14.3. The molecular weight excluding hydrogens is 214 g/mol. The van der Waals surface area contributed by atoms with E-state index < -0.39 is 0 Å². The van der Waals surface area contributed by atoms with E-state index in [1.165, 1.54) is 0 Å². The van der Waals surface area contributed by atoms with Crippen LogP contribution in [0.2, 0.25) is 0 Å². The van der Waals surface area contributed by atoms with E-state index in [1.54, 1.807) is 4.90 Å². The Balaban J connectivity index is 2.74. The number of hydrogen-bond acceptors (Lipinski definition) is 3. The minimum Gasteiger partial charge on any atom is -0.341 e. The maximum absolute atomic E-state index is 12.5. The van der Waals surface area contributed by atoms with Crippen LogP contribution in [0.3, 0.4) is 0 Å². The lowest BCUT2D eigenvalue weighted by atomic mass is 9.84. The van der Waals surface area contributed by atoms with Crippen LogP contribution >= 0.6 is 0 Å². The van der Waals surface area contributed by atoms with Gasteiger partial charge in [0.2, 0.25) is 5.91 Å². The molecule has 0 bridgehead atoms. The normalized spacial score (nSPS) is 19.6. The quantitative estimate of drug-likeness (QED) is 0.788. The van der Waals surface area contributed by atoms with E-state index in [0.717, 1.165) is 25.7 Å². The Bertz CT molecular complexity index is 302. The van der Waals surface area contributed by atoms with E-state index in [4.69, 9.17) is 11.0 Å². The SMILES string of the molecule is CCN(CC(C)C#N)C(=O)C1(CN)CCCC1. The van der Waals surface area contributed by atoms with Gasteiger partial charge in [-0.25, -0.2) is 0 Å². The van der Waals surface area contributed by atoms with Crippen molar-refractivity contribution in [3.05, 3.63) is 0 Å². The predicted octanol–water partition coefficient (Wildman–Crippen LogP) is 1.51. The van der Waals surface area contributed by atoms with Crippen molar-refractivity contribution < 1.29 is 4.79 Å². The first-order chi connectivity index (χ1) is 8.09. The van der Waals surface area contributed by atoms with E-state index in [2.05, 4.69) is 6.07 Å². The molecule has 2 N–H and O–H groups in total. The van der Waals surface area contributed by atoms with Crippen LogP contribution in [0.4, 0.5) is 0 Å². The summed E-state index contributed by atoms with van der Waals surface area (Å²) in [6.07, 6.45) is 3.99. The molecule has 0 aromatic rings. The average Bonchev–Trinajstić information content (AvgIpc) is 2.84. The first-order valence-corrected chi connectivity index (χ1v) is 6.48. The van der Waals surface area contributed by atoms with Crippen molar-refractivity contribution in [3.63, 3.8) is 0 Å². The summed E-state index contributed by atoms with van der Waals surface area (Å²) in [7, 11) is 0. The monoisotopic (exact) mass is 237 g/mol. The van der Waals surface area contributed by atoms with E-state index in [-0.39, 0.29) is 17.2 Å². The summed E-state index contributed by atoms with van der Waals surface area (Å²) < 4.78 is 0. The average molecular weight is 237 g/mol. The molecule has 96 valence electrons. The molecule has 1 fully saturated rings. The fourth-order valence-electron chi connectivity index (χ4n) is 2.62. The van der Waals surface area contributed by atoms with Gasteiger partial charge in [-0.1, -0.05) is 12.8 Å². The van der Waals surface area contributed by atoms with Crippen LogP contribution in [-0.2, 0) is 4.79 Å². The van der Waals surface area contributed by atoms with Crippen LogP contribution in [0.1, 0.15) is 39.5 Å². The van der Waals surface area contributed by atoms with Gasteiger partial charge in [0.25, 0.3) is 0 Å². The lowest BCUT2D eigenvalue weighted by Gasteiger charge is -2.33. The summed E-state index contributed by atoms with van der Waals surface area (Å²) in [5, 5.41) is 8.84. The highest BCUT2D eigenvalue weighted by atomic mass is 16.2. The second-order valence-corrected chi connectivity index (χ2v) is 5.07. The number of nitrogens with two attached hydrogens (primary N) is 1. The zero-order valence-corrected chi connectivity index (χ0v) is 10.9. The molecule has 1 aliphatic carbocycles. The lowest BCUT2D eigenvalue weighted by molar-refractivity contribution is -0.141. The largest absolute Gasteiger partial charge is 0.341 e. The van der Waals surface area contributed by atoms with Gasteiger partial charge < -0.3 is 10.6 Å². The topological polar surface area (TPSA) is 70.1 Å². The summed E-state index contributed by atoms with van der Waals surface area (Å²) >= 11 is 0. The smallest absolute Gasteiger partial charge is 0.230 e. The van der Waals surface area contributed by atoms with Crippen LogP contribution in [0, 0.1) is 22.7 Å². The van der Waals surface area contributed by atoms with Crippen molar-refractivity contribution in [3.8, 4) is 6.07 Å². The summed E-state index contributed by atoms with van der Waals surface area (Å²) in [6, 6.07) is 2.18. The number of carbonyl (C=O) groups is 1. The zero-order valence-electron chi connectivity index (χ0n) is 10.9.